The number of hydrogen-bond donors (Lipinski definition) is 1. The molecule has 3 heterocycles. The third-order valence-electron chi connectivity index (χ3n) is 3.66. The highest BCUT2D eigenvalue weighted by molar-refractivity contribution is 6.08. The van der Waals surface area contributed by atoms with Gasteiger partial charge in [-0.15, -0.1) is 0 Å². The van der Waals surface area contributed by atoms with E-state index in [4.69, 9.17) is 0 Å². The van der Waals surface area contributed by atoms with Crippen molar-refractivity contribution in [3.8, 4) is 11.4 Å². The third-order valence-corrected chi connectivity index (χ3v) is 3.66. The lowest BCUT2D eigenvalue weighted by atomic mass is 10.1. The standard InChI is InChI=1S/C17H12FN3/c1-10-17-13(12-8-11(18)5-6-14(12)21-17)9-16(20-10)15-4-2-3-7-19-15/h2-9,21H,1H3. The molecule has 1 N–H and O–H groups in total. The maximum absolute atomic E-state index is 13.5. The molecular weight excluding hydrogens is 265 g/mol. The lowest BCUT2D eigenvalue weighted by Crippen LogP contribution is -1.90. The number of rotatable bonds is 1. The van der Waals surface area contributed by atoms with E-state index in [1.54, 1.807) is 18.3 Å². The van der Waals surface area contributed by atoms with Gasteiger partial charge in [-0.2, -0.15) is 0 Å². The van der Waals surface area contributed by atoms with E-state index in [2.05, 4.69) is 15.0 Å². The zero-order chi connectivity index (χ0) is 14.4. The van der Waals surface area contributed by atoms with Crippen LogP contribution in [0, 0.1) is 12.7 Å². The molecule has 0 aliphatic rings. The van der Waals surface area contributed by atoms with Crippen molar-refractivity contribution in [2.24, 2.45) is 0 Å². The van der Waals surface area contributed by atoms with E-state index < -0.39 is 0 Å². The number of aromatic amines is 1. The summed E-state index contributed by atoms with van der Waals surface area (Å²) in [5.41, 5.74) is 4.34. The van der Waals surface area contributed by atoms with Crippen LogP contribution in [0.4, 0.5) is 4.39 Å². The summed E-state index contributed by atoms with van der Waals surface area (Å²) in [4.78, 5) is 12.2. The number of nitrogens with one attached hydrogen (secondary N) is 1. The molecule has 3 nitrogen and oxygen atoms in total. The zero-order valence-corrected chi connectivity index (χ0v) is 11.4. The van der Waals surface area contributed by atoms with Crippen molar-refractivity contribution in [1.82, 2.24) is 15.0 Å². The van der Waals surface area contributed by atoms with Gasteiger partial charge < -0.3 is 4.98 Å². The largest absolute Gasteiger partial charge is 0.353 e. The molecule has 1 aromatic carbocycles. The van der Waals surface area contributed by atoms with Crippen LogP contribution in [-0.2, 0) is 0 Å². The van der Waals surface area contributed by atoms with Crippen LogP contribution in [0.3, 0.4) is 0 Å². The Hall–Kier alpha value is -2.75. The van der Waals surface area contributed by atoms with Crippen molar-refractivity contribution < 1.29 is 4.39 Å². The average Bonchev–Trinajstić information content (AvgIpc) is 2.87. The van der Waals surface area contributed by atoms with E-state index in [0.717, 1.165) is 38.9 Å². The molecule has 3 aromatic heterocycles. The van der Waals surface area contributed by atoms with Gasteiger partial charge in [0.25, 0.3) is 0 Å². The van der Waals surface area contributed by atoms with Crippen LogP contribution in [0.25, 0.3) is 33.2 Å². The van der Waals surface area contributed by atoms with Gasteiger partial charge in [-0.3, -0.25) is 4.98 Å². The first kappa shape index (κ1) is 12.0. The summed E-state index contributed by atoms with van der Waals surface area (Å²) in [6.45, 7) is 1.94. The molecule has 4 aromatic rings. The number of aromatic nitrogens is 3. The maximum atomic E-state index is 13.5. The number of hydrogen-bond acceptors (Lipinski definition) is 2. The Bertz CT molecular complexity index is 958. The highest BCUT2D eigenvalue weighted by atomic mass is 19.1. The van der Waals surface area contributed by atoms with Crippen LogP contribution >= 0.6 is 0 Å². The molecule has 0 unspecified atom stereocenters. The first-order valence-electron chi connectivity index (χ1n) is 6.72. The smallest absolute Gasteiger partial charge is 0.123 e. The number of pyridine rings is 2. The molecule has 0 atom stereocenters. The number of halogens is 1. The SMILES string of the molecule is Cc1nc(-c2ccccn2)cc2c1[nH]c1ccc(F)cc12. The summed E-state index contributed by atoms with van der Waals surface area (Å²) in [6, 6.07) is 12.4. The molecule has 102 valence electrons. The van der Waals surface area contributed by atoms with E-state index in [1.807, 2.05) is 31.2 Å². The van der Waals surface area contributed by atoms with Gasteiger partial charge >= 0.3 is 0 Å². The second-order valence-electron chi connectivity index (χ2n) is 5.05. The number of benzene rings is 1. The Kier molecular flexibility index (Phi) is 2.51. The van der Waals surface area contributed by atoms with Crippen molar-refractivity contribution in [3.63, 3.8) is 0 Å². The minimum Gasteiger partial charge on any atom is -0.353 e. The molecule has 0 saturated carbocycles. The second kappa shape index (κ2) is 4.38. The Morgan fingerprint density at radius 3 is 2.71 bits per heavy atom. The molecule has 21 heavy (non-hydrogen) atoms. The molecule has 0 fully saturated rings. The average molecular weight is 277 g/mol. The van der Waals surface area contributed by atoms with E-state index in [9.17, 15) is 4.39 Å². The summed E-state index contributed by atoms with van der Waals surface area (Å²) < 4.78 is 13.5. The Balaban J connectivity index is 2.08. The number of nitrogens with zero attached hydrogens (tertiary/aromatic N) is 2. The summed E-state index contributed by atoms with van der Waals surface area (Å²) in [6.07, 6.45) is 1.74. The minimum absolute atomic E-state index is 0.239. The van der Waals surface area contributed by atoms with Crippen molar-refractivity contribution >= 4 is 21.8 Å². The van der Waals surface area contributed by atoms with E-state index in [-0.39, 0.29) is 5.82 Å². The quantitative estimate of drug-likeness (QED) is 0.566. The molecule has 0 bridgehead atoms. The Morgan fingerprint density at radius 1 is 1.00 bits per heavy atom. The number of fused-ring (bicyclic) bond motifs is 3. The maximum Gasteiger partial charge on any atom is 0.123 e. The summed E-state index contributed by atoms with van der Waals surface area (Å²) in [5, 5.41) is 1.84. The predicted octanol–water partition coefficient (Wildman–Crippen LogP) is 4.23. The van der Waals surface area contributed by atoms with Crippen LogP contribution in [-0.4, -0.2) is 15.0 Å². The third kappa shape index (κ3) is 1.88. The lowest BCUT2D eigenvalue weighted by Gasteiger charge is -2.03. The summed E-state index contributed by atoms with van der Waals surface area (Å²) in [7, 11) is 0. The van der Waals surface area contributed by atoms with Gasteiger partial charge in [-0.1, -0.05) is 6.07 Å². The van der Waals surface area contributed by atoms with Gasteiger partial charge in [0.15, 0.2) is 0 Å². The van der Waals surface area contributed by atoms with E-state index in [0.29, 0.717) is 0 Å². The van der Waals surface area contributed by atoms with Crippen LogP contribution in [0.1, 0.15) is 5.69 Å². The van der Waals surface area contributed by atoms with Gasteiger partial charge in [-0.05, 0) is 43.3 Å². The molecular formula is C17H12FN3. The molecule has 0 aliphatic carbocycles. The first-order valence-corrected chi connectivity index (χ1v) is 6.72. The van der Waals surface area contributed by atoms with Crippen molar-refractivity contribution in [2.75, 3.05) is 0 Å². The first-order chi connectivity index (χ1) is 10.2. The van der Waals surface area contributed by atoms with Gasteiger partial charge in [-0.25, -0.2) is 9.37 Å². The van der Waals surface area contributed by atoms with Gasteiger partial charge in [0.05, 0.1) is 22.6 Å². The molecule has 0 amide bonds. The second-order valence-corrected chi connectivity index (χ2v) is 5.05. The van der Waals surface area contributed by atoms with Crippen LogP contribution in [0.15, 0.2) is 48.7 Å². The highest BCUT2D eigenvalue weighted by Gasteiger charge is 2.11. The van der Waals surface area contributed by atoms with Crippen LogP contribution < -0.4 is 0 Å². The van der Waals surface area contributed by atoms with Crippen molar-refractivity contribution in [2.45, 2.75) is 6.92 Å². The van der Waals surface area contributed by atoms with Crippen LogP contribution in [0.2, 0.25) is 0 Å². The monoisotopic (exact) mass is 277 g/mol. The molecule has 4 rings (SSSR count). The van der Waals surface area contributed by atoms with E-state index >= 15 is 0 Å². The van der Waals surface area contributed by atoms with E-state index in [1.165, 1.54) is 6.07 Å². The fraction of sp³-hybridized carbons (Fsp3) is 0.0588. The van der Waals surface area contributed by atoms with Crippen molar-refractivity contribution in [3.05, 3.63) is 60.2 Å². The molecule has 0 aliphatic heterocycles. The summed E-state index contributed by atoms with van der Waals surface area (Å²) in [5.74, 6) is -0.239. The zero-order valence-electron chi connectivity index (χ0n) is 11.4. The number of H-pyrrole nitrogens is 1. The van der Waals surface area contributed by atoms with Gasteiger partial charge in [0.1, 0.15) is 5.82 Å². The predicted molar refractivity (Wildman–Crippen MR) is 81.5 cm³/mol. The lowest BCUT2D eigenvalue weighted by molar-refractivity contribution is 0.630. The normalized spacial score (nSPS) is 11.3. The van der Waals surface area contributed by atoms with Crippen LogP contribution in [0.5, 0.6) is 0 Å². The minimum atomic E-state index is -0.239. The number of aryl methyl sites for hydroxylation is 1. The summed E-state index contributed by atoms with van der Waals surface area (Å²) >= 11 is 0. The van der Waals surface area contributed by atoms with Gasteiger partial charge in [0.2, 0.25) is 0 Å². The molecule has 0 spiro atoms. The topological polar surface area (TPSA) is 41.6 Å². The Morgan fingerprint density at radius 2 is 1.90 bits per heavy atom. The molecule has 0 saturated heterocycles. The highest BCUT2D eigenvalue weighted by Crippen LogP contribution is 2.30. The fourth-order valence-corrected chi connectivity index (χ4v) is 2.67. The fourth-order valence-electron chi connectivity index (χ4n) is 2.67. The van der Waals surface area contributed by atoms with Crippen molar-refractivity contribution in [1.29, 1.82) is 0 Å². The van der Waals surface area contributed by atoms with Gasteiger partial charge in [0, 0.05) is 22.5 Å². The molecule has 0 radical (unpaired) electrons. The Labute approximate surface area is 120 Å². The molecule has 4 heteroatoms.